The third-order valence-corrected chi connectivity index (χ3v) is 2.45. The fourth-order valence-electron chi connectivity index (χ4n) is 1.21. The summed E-state index contributed by atoms with van der Waals surface area (Å²) in [6.07, 6.45) is 4.44. The summed E-state index contributed by atoms with van der Waals surface area (Å²) in [7, 11) is 2.01. The number of hydrogen-bond acceptors (Lipinski definition) is 3. The Morgan fingerprint density at radius 1 is 1.50 bits per heavy atom. The molecule has 0 fully saturated rings. The second-order valence-electron chi connectivity index (χ2n) is 3.59. The molecule has 0 aliphatic rings. The third kappa shape index (κ3) is 3.14. The summed E-state index contributed by atoms with van der Waals surface area (Å²) in [6, 6.07) is 0. The maximum atomic E-state index is 5.76. The summed E-state index contributed by atoms with van der Waals surface area (Å²) in [5, 5.41) is 0.443. The summed E-state index contributed by atoms with van der Waals surface area (Å²) >= 11 is 5.76. The Morgan fingerprint density at radius 2 is 2.21 bits per heavy atom. The van der Waals surface area contributed by atoms with E-state index in [4.69, 9.17) is 11.6 Å². The third-order valence-electron chi connectivity index (χ3n) is 2.27. The molecular formula is C10H16ClN3. The molecule has 0 aromatic carbocycles. The van der Waals surface area contributed by atoms with Crippen LogP contribution in [-0.2, 0) is 0 Å². The Balaban J connectivity index is 2.64. The van der Waals surface area contributed by atoms with Crippen LogP contribution in [-0.4, -0.2) is 23.6 Å². The summed E-state index contributed by atoms with van der Waals surface area (Å²) in [5.41, 5.74) is 0. The van der Waals surface area contributed by atoms with E-state index in [0.29, 0.717) is 11.1 Å². The Hall–Kier alpha value is -0.830. The van der Waals surface area contributed by atoms with Crippen molar-refractivity contribution in [3.63, 3.8) is 0 Å². The van der Waals surface area contributed by atoms with Crippen molar-refractivity contribution in [3.8, 4) is 0 Å². The number of halogens is 1. The first-order chi connectivity index (χ1) is 6.63. The van der Waals surface area contributed by atoms with Gasteiger partial charge in [0.05, 0.1) is 12.4 Å². The monoisotopic (exact) mass is 213 g/mol. The lowest BCUT2D eigenvalue weighted by Crippen LogP contribution is -2.24. The van der Waals surface area contributed by atoms with Crippen LogP contribution in [0.4, 0.5) is 5.82 Å². The van der Waals surface area contributed by atoms with Gasteiger partial charge in [-0.1, -0.05) is 31.9 Å². The van der Waals surface area contributed by atoms with Crippen molar-refractivity contribution in [2.75, 3.05) is 18.5 Å². The van der Waals surface area contributed by atoms with Gasteiger partial charge < -0.3 is 4.90 Å². The Labute approximate surface area is 90.1 Å². The molecule has 0 spiro atoms. The van der Waals surface area contributed by atoms with E-state index in [9.17, 15) is 0 Å². The molecule has 1 heterocycles. The van der Waals surface area contributed by atoms with Crippen molar-refractivity contribution >= 4 is 17.4 Å². The molecule has 14 heavy (non-hydrogen) atoms. The highest BCUT2D eigenvalue weighted by Gasteiger charge is 2.07. The zero-order valence-electron chi connectivity index (χ0n) is 8.87. The van der Waals surface area contributed by atoms with E-state index in [1.165, 1.54) is 6.42 Å². The SMILES string of the molecule is CCC(C)CN(C)c1cncc(Cl)n1. The van der Waals surface area contributed by atoms with Crippen molar-refractivity contribution < 1.29 is 0 Å². The molecule has 4 heteroatoms. The van der Waals surface area contributed by atoms with Gasteiger partial charge in [0, 0.05) is 13.6 Å². The van der Waals surface area contributed by atoms with E-state index in [-0.39, 0.29) is 0 Å². The first-order valence-electron chi connectivity index (χ1n) is 4.82. The summed E-state index contributed by atoms with van der Waals surface area (Å²) in [5.74, 6) is 1.48. The van der Waals surface area contributed by atoms with Crippen LogP contribution in [0.2, 0.25) is 5.15 Å². The molecule has 0 aliphatic carbocycles. The van der Waals surface area contributed by atoms with Gasteiger partial charge in [0.1, 0.15) is 11.0 Å². The van der Waals surface area contributed by atoms with Crippen LogP contribution in [0.5, 0.6) is 0 Å². The molecule has 0 saturated heterocycles. The van der Waals surface area contributed by atoms with Gasteiger partial charge in [-0.05, 0) is 5.92 Å². The van der Waals surface area contributed by atoms with Crippen LogP contribution in [0, 0.1) is 5.92 Å². The van der Waals surface area contributed by atoms with Gasteiger partial charge in [0.15, 0.2) is 0 Å². The Kier molecular flexibility index (Phi) is 4.14. The fraction of sp³-hybridized carbons (Fsp3) is 0.600. The van der Waals surface area contributed by atoms with E-state index in [1.54, 1.807) is 12.4 Å². The lowest BCUT2D eigenvalue weighted by Gasteiger charge is -2.21. The molecule has 1 unspecified atom stereocenters. The van der Waals surface area contributed by atoms with Crippen molar-refractivity contribution in [1.82, 2.24) is 9.97 Å². The van der Waals surface area contributed by atoms with Crippen molar-refractivity contribution in [2.24, 2.45) is 5.92 Å². The average molecular weight is 214 g/mol. The molecule has 0 radical (unpaired) electrons. The van der Waals surface area contributed by atoms with Gasteiger partial charge in [0.2, 0.25) is 0 Å². The molecular weight excluding hydrogens is 198 g/mol. The largest absolute Gasteiger partial charge is 0.358 e. The fourth-order valence-corrected chi connectivity index (χ4v) is 1.35. The minimum absolute atomic E-state index is 0.443. The van der Waals surface area contributed by atoms with Crippen LogP contribution in [0.3, 0.4) is 0 Å². The maximum absolute atomic E-state index is 5.76. The standard InChI is InChI=1S/C10H16ClN3/c1-4-8(2)7-14(3)10-6-12-5-9(11)13-10/h5-6,8H,4,7H2,1-3H3. The second-order valence-corrected chi connectivity index (χ2v) is 3.98. The molecule has 0 N–H and O–H groups in total. The molecule has 1 rings (SSSR count). The Bertz CT molecular complexity index is 290. The number of anilines is 1. The van der Waals surface area contributed by atoms with Gasteiger partial charge in [0.25, 0.3) is 0 Å². The minimum atomic E-state index is 0.443. The van der Waals surface area contributed by atoms with Gasteiger partial charge in [-0.15, -0.1) is 0 Å². The van der Waals surface area contributed by atoms with Gasteiger partial charge >= 0.3 is 0 Å². The molecule has 3 nitrogen and oxygen atoms in total. The lowest BCUT2D eigenvalue weighted by atomic mass is 10.1. The first-order valence-corrected chi connectivity index (χ1v) is 5.20. The van der Waals surface area contributed by atoms with Crippen LogP contribution in [0.1, 0.15) is 20.3 Å². The van der Waals surface area contributed by atoms with Gasteiger partial charge in [-0.3, -0.25) is 4.98 Å². The summed E-state index contributed by atoms with van der Waals surface area (Å²) in [4.78, 5) is 10.3. The van der Waals surface area contributed by atoms with Crippen molar-refractivity contribution in [3.05, 3.63) is 17.5 Å². The van der Waals surface area contributed by atoms with E-state index < -0.39 is 0 Å². The zero-order valence-corrected chi connectivity index (χ0v) is 9.62. The predicted molar refractivity (Wildman–Crippen MR) is 59.8 cm³/mol. The minimum Gasteiger partial charge on any atom is -0.358 e. The molecule has 1 atom stereocenters. The first kappa shape index (κ1) is 11.2. The highest BCUT2D eigenvalue weighted by molar-refractivity contribution is 6.29. The molecule has 0 aliphatic heterocycles. The molecule has 1 aromatic heterocycles. The highest BCUT2D eigenvalue weighted by atomic mass is 35.5. The van der Waals surface area contributed by atoms with Gasteiger partial charge in [-0.25, -0.2) is 4.98 Å². The number of rotatable bonds is 4. The lowest BCUT2D eigenvalue weighted by molar-refractivity contribution is 0.557. The Morgan fingerprint density at radius 3 is 2.79 bits per heavy atom. The van der Waals surface area contributed by atoms with Gasteiger partial charge in [-0.2, -0.15) is 0 Å². The summed E-state index contributed by atoms with van der Waals surface area (Å²) < 4.78 is 0. The smallest absolute Gasteiger partial charge is 0.149 e. The topological polar surface area (TPSA) is 29.0 Å². The predicted octanol–water partition coefficient (Wildman–Crippen LogP) is 2.61. The summed E-state index contributed by atoms with van der Waals surface area (Å²) in [6.45, 7) is 5.38. The second kappa shape index (κ2) is 5.15. The normalized spacial score (nSPS) is 12.6. The molecule has 78 valence electrons. The highest BCUT2D eigenvalue weighted by Crippen LogP contribution is 2.13. The van der Waals surface area contributed by atoms with Crippen LogP contribution >= 0.6 is 11.6 Å². The van der Waals surface area contributed by atoms with E-state index in [2.05, 4.69) is 28.7 Å². The van der Waals surface area contributed by atoms with E-state index in [0.717, 1.165) is 12.4 Å². The van der Waals surface area contributed by atoms with Crippen LogP contribution in [0.25, 0.3) is 0 Å². The molecule has 0 saturated carbocycles. The maximum Gasteiger partial charge on any atom is 0.149 e. The van der Waals surface area contributed by atoms with E-state index >= 15 is 0 Å². The van der Waals surface area contributed by atoms with Crippen LogP contribution < -0.4 is 4.90 Å². The average Bonchev–Trinajstić information content (AvgIpc) is 2.17. The zero-order chi connectivity index (χ0) is 10.6. The van der Waals surface area contributed by atoms with Crippen molar-refractivity contribution in [1.29, 1.82) is 0 Å². The molecule has 0 bridgehead atoms. The van der Waals surface area contributed by atoms with Crippen molar-refractivity contribution in [2.45, 2.75) is 20.3 Å². The quantitative estimate of drug-likeness (QED) is 0.770. The molecule has 0 amide bonds. The van der Waals surface area contributed by atoms with Crippen LogP contribution in [0.15, 0.2) is 12.4 Å². The molecule has 1 aromatic rings. The van der Waals surface area contributed by atoms with E-state index in [1.807, 2.05) is 7.05 Å². The number of aromatic nitrogens is 2. The number of nitrogens with zero attached hydrogens (tertiary/aromatic N) is 3. The number of hydrogen-bond donors (Lipinski definition) is 0.